The smallest absolute Gasteiger partial charge is 0.0599 e. The molecule has 0 amide bonds. The van der Waals surface area contributed by atoms with Crippen molar-refractivity contribution in [3.05, 3.63) is 0 Å². The summed E-state index contributed by atoms with van der Waals surface area (Å²) in [7, 11) is 2.13. The molecule has 0 aliphatic heterocycles. The Balaban J connectivity index is 3.14. The van der Waals surface area contributed by atoms with Crippen molar-refractivity contribution in [2.45, 2.75) is 33.3 Å². The zero-order chi connectivity index (χ0) is 11.0. The predicted molar refractivity (Wildman–Crippen MR) is 61.7 cm³/mol. The summed E-state index contributed by atoms with van der Waals surface area (Å²) in [6, 6.07) is 0. The highest BCUT2D eigenvalue weighted by atomic mass is 16.5. The Morgan fingerprint density at radius 1 is 1.21 bits per heavy atom. The van der Waals surface area contributed by atoms with Gasteiger partial charge in [-0.05, 0) is 34.4 Å². The Bertz CT molecular complexity index is 132. The number of hydrogen-bond donors (Lipinski definition) is 1. The van der Waals surface area contributed by atoms with Crippen LogP contribution < -0.4 is 5.32 Å². The number of hydrogen-bond acceptors (Lipinski definition) is 3. The van der Waals surface area contributed by atoms with Crippen LogP contribution in [0.2, 0.25) is 0 Å². The molecule has 0 heterocycles. The van der Waals surface area contributed by atoms with Crippen LogP contribution in [-0.2, 0) is 4.74 Å². The van der Waals surface area contributed by atoms with Gasteiger partial charge in [0.1, 0.15) is 0 Å². The molecule has 0 bridgehead atoms. The summed E-state index contributed by atoms with van der Waals surface area (Å²) in [5, 5.41) is 3.36. The van der Waals surface area contributed by atoms with Crippen LogP contribution in [0.3, 0.4) is 0 Å². The van der Waals surface area contributed by atoms with E-state index in [2.05, 4.69) is 45.0 Å². The fraction of sp³-hybridized carbons (Fsp3) is 1.00. The van der Waals surface area contributed by atoms with E-state index in [1.54, 1.807) is 0 Å². The first-order chi connectivity index (χ1) is 6.45. The second kappa shape index (κ2) is 7.21. The third kappa shape index (κ3) is 9.96. The minimum Gasteiger partial charge on any atom is -0.375 e. The van der Waals surface area contributed by atoms with E-state index < -0.39 is 0 Å². The van der Waals surface area contributed by atoms with E-state index in [0.717, 1.165) is 32.8 Å². The van der Waals surface area contributed by atoms with Crippen LogP contribution in [0.5, 0.6) is 0 Å². The summed E-state index contributed by atoms with van der Waals surface area (Å²) in [5.74, 6) is 0. The quantitative estimate of drug-likeness (QED) is 0.631. The highest BCUT2D eigenvalue weighted by molar-refractivity contribution is 4.59. The number of likely N-dealkylation sites (N-methyl/N-ethyl adjacent to an activating group) is 1. The maximum Gasteiger partial charge on any atom is 0.0599 e. The van der Waals surface area contributed by atoms with E-state index in [9.17, 15) is 0 Å². The fourth-order valence-corrected chi connectivity index (χ4v) is 0.982. The summed E-state index contributed by atoms with van der Waals surface area (Å²) in [6.07, 6.45) is 0. The van der Waals surface area contributed by atoms with E-state index >= 15 is 0 Å². The topological polar surface area (TPSA) is 24.5 Å². The van der Waals surface area contributed by atoms with Gasteiger partial charge in [0.25, 0.3) is 0 Å². The van der Waals surface area contributed by atoms with E-state index in [1.807, 2.05) is 0 Å². The fourth-order valence-electron chi connectivity index (χ4n) is 0.982. The molecular formula is C11H26N2O. The van der Waals surface area contributed by atoms with Gasteiger partial charge in [0.15, 0.2) is 0 Å². The van der Waals surface area contributed by atoms with Crippen LogP contribution >= 0.6 is 0 Å². The van der Waals surface area contributed by atoms with Crippen molar-refractivity contribution in [1.29, 1.82) is 0 Å². The SMILES string of the molecule is CCN(C)CCNCCOC(C)(C)C. The van der Waals surface area contributed by atoms with Gasteiger partial charge in [0.05, 0.1) is 12.2 Å². The Hall–Kier alpha value is -0.120. The lowest BCUT2D eigenvalue weighted by atomic mass is 10.2. The summed E-state index contributed by atoms with van der Waals surface area (Å²) in [4.78, 5) is 2.29. The second-order valence-corrected chi connectivity index (χ2v) is 4.61. The van der Waals surface area contributed by atoms with Crippen LogP contribution in [0.1, 0.15) is 27.7 Å². The molecule has 0 unspecified atom stereocenters. The Morgan fingerprint density at radius 3 is 2.36 bits per heavy atom. The first-order valence-corrected chi connectivity index (χ1v) is 5.49. The molecule has 86 valence electrons. The Morgan fingerprint density at radius 2 is 1.86 bits per heavy atom. The van der Waals surface area contributed by atoms with Gasteiger partial charge in [-0.3, -0.25) is 0 Å². The molecule has 14 heavy (non-hydrogen) atoms. The number of nitrogens with one attached hydrogen (secondary N) is 1. The van der Waals surface area contributed by atoms with E-state index in [-0.39, 0.29) is 5.60 Å². The van der Waals surface area contributed by atoms with Crippen LogP contribution in [0.15, 0.2) is 0 Å². The number of rotatable bonds is 7. The molecule has 0 aromatic rings. The van der Waals surface area contributed by atoms with Crippen molar-refractivity contribution >= 4 is 0 Å². The van der Waals surface area contributed by atoms with Crippen molar-refractivity contribution < 1.29 is 4.74 Å². The highest BCUT2D eigenvalue weighted by Gasteiger charge is 2.08. The van der Waals surface area contributed by atoms with Crippen molar-refractivity contribution in [3.63, 3.8) is 0 Å². The van der Waals surface area contributed by atoms with Crippen molar-refractivity contribution in [2.24, 2.45) is 0 Å². The second-order valence-electron chi connectivity index (χ2n) is 4.61. The van der Waals surface area contributed by atoms with Crippen molar-refractivity contribution in [3.8, 4) is 0 Å². The zero-order valence-electron chi connectivity index (χ0n) is 10.4. The molecule has 0 aliphatic rings. The first-order valence-electron chi connectivity index (χ1n) is 5.49. The van der Waals surface area contributed by atoms with E-state index in [0.29, 0.717) is 0 Å². The van der Waals surface area contributed by atoms with Crippen molar-refractivity contribution in [2.75, 3.05) is 39.8 Å². The molecular weight excluding hydrogens is 176 g/mol. The monoisotopic (exact) mass is 202 g/mol. The lowest BCUT2D eigenvalue weighted by molar-refractivity contribution is -0.000838. The Labute approximate surface area is 88.8 Å². The number of ether oxygens (including phenoxy) is 1. The van der Waals surface area contributed by atoms with Gasteiger partial charge in [0.2, 0.25) is 0 Å². The summed E-state index contributed by atoms with van der Waals surface area (Å²) < 4.78 is 5.59. The molecule has 0 saturated heterocycles. The molecule has 0 saturated carbocycles. The highest BCUT2D eigenvalue weighted by Crippen LogP contribution is 2.04. The van der Waals surface area contributed by atoms with E-state index in [1.165, 1.54) is 0 Å². The molecule has 0 spiro atoms. The number of nitrogens with zero attached hydrogens (tertiary/aromatic N) is 1. The molecule has 0 aromatic heterocycles. The lowest BCUT2D eigenvalue weighted by Crippen LogP contribution is -2.32. The van der Waals surface area contributed by atoms with Crippen molar-refractivity contribution in [1.82, 2.24) is 10.2 Å². The molecule has 1 N–H and O–H groups in total. The zero-order valence-corrected chi connectivity index (χ0v) is 10.4. The molecule has 0 rings (SSSR count). The minimum absolute atomic E-state index is 0.0120. The average molecular weight is 202 g/mol. The Kier molecular flexibility index (Phi) is 7.15. The standard InChI is InChI=1S/C11H26N2O/c1-6-13(5)9-7-12-8-10-14-11(2,3)4/h12H,6-10H2,1-5H3. The summed E-state index contributed by atoms with van der Waals surface area (Å²) in [6.45, 7) is 13.4. The van der Waals surface area contributed by atoms with E-state index in [4.69, 9.17) is 4.74 Å². The molecule has 0 radical (unpaired) electrons. The van der Waals surface area contributed by atoms with Gasteiger partial charge in [-0.1, -0.05) is 6.92 Å². The minimum atomic E-state index is -0.0120. The molecule has 0 atom stereocenters. The van der Waals surface area contributed by atoms with Gasteiger partial charge < -0.3 is 15.0 Å². The molecule has 0 aliphatic carbocycles. The van der Waals surface area contributed by atoms with Gasteiger partial charge >= 0.3 is 0 Å². The van der Waals surface area contributed by atoms with Crippen LogP contribution in [0.25, 0.3) is 0 Å². The third-order valence-electron chi connectivity index (χ3n) is 2.02. The van der Waals surface area contributed by atoms with Crippen LogP contribution in [-0.4, -0.2) is 50.3 Å². The molecule has 3 heteroatoms. The van der Waals surface area contributed by atoms with Crippen LogP contribution in [0, 0.1) is 0 Å². The predicted octanol–water partition coefficient (Wildman–Crippen LogP) is 1.34. The molecule has 0 aromatic carbocycles. The van der Waals surface area contributed by atoms with Gasteiger partial charge in [-0.2, -0.15) is 0 Å². The molecule has 0 fully saturated rings. The summed E-state index contributed by atoms with van der Waals surface area (Å²) in [5.41, 5.74) is -0.0120. The largest absolute Gasteiger partial charge is 0.375 e. The first kappa shape index (κ1) is 13.9. The average Bonchev–Trinajstić information content (AvgIpc) is 2.08. The summed E-state index contributed by atoms with van der Waals surface area (Å²) >= 11 is 0. The molecule has 3 nitrogen and oxygen atoms in total. The van der Waals surface area contributed by atoms with Crippen LogP contribution in [0.4, 0.5) is 0 Å². The maximum atomic E-state index is 5.59. The van der Waals surface area contributed by atoms with Gasteiger partial charge in [-0.15, -0.1) is 0 Å². The van der Waals surface area contributed by atoms with Gasteiger partial charge in [0, 0.05) is 19.6 Å². The lowest BCUT2D eigenvalue weighted by Gasteiger charge is -2.20. The maximum absolute atomic E-state index is 5.59. The third-order valence-corrected chi connectivity index (χ3v) is 2.02. The normalized spacial score (nSPS) is 12.4. The van der Waals surface area contributed by atoms with Gasteiger partial charge in [-0.25, -0.2) is 0 Å².